The number of nitrogens with one attached hydrogen (secondary N) is 2. The van der Waals surface area contributed by atoms with E-state index in [1.165, 1.54) is 0 Å². The predicted molar refractivity (Wildman–Crippen MR) is 106 cm³/mol. The van der Waals surface area contributed by atoms with Crippen LogP contribution in [-0.2, 0) is 19.5 Å². The van der Waals surface area contributed by atoms with Gasteiger partial charge in [-0.1, -0.05) is 15.9 Å². The fourth-order valence-electron chi connectivity index (χ4n) is 3.10. The second kappa shape index (κ2) is 8.53. The van der Waals surface area contributed by atoms with Crippen molar-refractivity contribution in [2.24, 2.45) is 4.99 Å². The van der Waals surface area contributed by atoms with E-state index >= 15 is 0 Å². The first-order chi connectivity index (χ1) is 12.6. The van der Waals surface area contributed by atoms with Gasteiger partial charge in [-0.2, -0.15) is 5.10 Å². The maximum absolute atomic E-state index is 5.43. The summed E-state index contributed by atoms with van der Waals surface area (Å²) in [6, 6.07) is 6.24. The Hall–Kier alpha value is -2.09. The summed E-state index contributed by atoms with van der Waals surface area (Å²) in [5.74, 6) is 3.55. The molecule has 0 amide bonds. The minimum atomic E-state index is 0.283. The molecule has 0 radical (unpaired) electrons. The molecule has 2 N–H and O–H groups in total. The second-order valence-electron chi connectivity index (χ2n) is 6.29. The summed E-state index contributed by atoms with van der Waals surface area (Å²) in [5, 5.41) is 11.3. The first-order valence-electron chi connectivity index (χ1n) is 8.86. The van der Waals surface area contributed by atoms with Gasteiger partial charge in [-0.25, -0.2) is 14.7 Å². The van der Waals surface area contributed by atoms with E-state index in [-0.39, 0.29) is 6.04 Å². The van der Waals surface area contributed by atoms with Crippen LogP contribution in [0.2, 0.25) is 0 Å². The molecule has 1 aromatic carbocycles. The zero-order valence-electron chi connectivity index (χ0n) is 15.4. The van der Waals surface area contributed by atoms with Crippen LogP contribution in [0.3, 0.4) is 0 Å². The van der Waals surface area contributed by atoms with Crippen LogP contribution in [0.15, 0.2) is 27.7 Å². The number of hydrogen-bond acceptors (Lipinski definition) is 4. The molecule has 140 valence electrons. The van der Waals surface area contributed by atoms with Gasteiger partial charge in [0.05, 0.1) is 20.2 Å². The van der Waals surface area contributed by atoms with Crippen molar-refractivity contribution in [2.45, 2.75) is 45.8 Å². The van der Waals surface area contributed by atoms with Crippen molar-refractivity contribution >= 4 is 21.9 Å². The zero-order valence-corrected chi connectivity index (χ0v) is 17.0. The molecule has 1 aliphatic heterocycles. The predicted octanol–water partition coefficient (Wildman–Crippen LogP) is 2.43. The Morgan fingerprint density at radius 2 is 2.31 bits per heavy atom. The van der Waals surface area contributed by atoms with Gasteiger partial charge in [-0.3, -0.25) is 0 Å². The highest BCUT2D eigenvalue weighted by Gasteiger charge is 2.21. The summed E-state index contributed by atoms with van der Waals surface area (Å²) >= 11 is 3.51. The van der Waals surface area contributed by atoms with E-state index in [2.05, 4.69) is 43.6 Å². The molecule has 8 heteroatoms. The Balaban J connectivity index is 1.69. The number of rotatable bonds is 5. The molecular weight excluding hydrogens is 396 g/mol. The van der Waals surface area contributed by atoms with Crippen LogP contribution in [0, 0.1) is 6.92 Å². The summed E-state index contributed by atoms with van der Waals surface area (Å²) in [5.41, 5.74) is 1.04. The summed E-state index contributed by atoms with van der Waals surface area (Å²) < 4.78 is 8.45. The molecule has 3 rings (SSSR count). The molecule has 1 atom stereocenters. The molecule has 0 aliphatic carbocycles. The van der Waals surface area contributed by atoms with Gasteiger partial charge in [0.25, 0.3) is 0 Å². The Kier molecular flexibility index (Phi) is 6.13. The number of fused-ring (bicyclic) bond motifs is 1. The van der Waals surface area contributed by atoms with Crippen LogP contribution in [0.5, 0.6) is 5.75 Å². The van der Waals surface area contributed by atoms with Crippen molar-refractivity contribution in [3.8, 4) is 5.75 Å². The lowest BCUT2D eigenvalue weighted by Gasteiger charge is -2.25. The van der Waals surface area contributed by atoms with Crippen molar-refractivity contribution in [3.63, 3.8) is 0 Å². The number of methoxy groups -OCH3 is 1. The van der Waals surface area contributed by atoms with Gasteiger partial charge in [0.1, 0.15) is 17.4 Å². The highest BCUT2D eigenvalue weighted by atomic mass is 79.9. The third kappa shape index (κ3) is 4.55. The van der Waals surface area contributed by atoms with E-state index in [9.17, 15) is 0 Å². The molecule has 2 heterocycles. The van der Waals surface area contributed by atoms with Gasteiger partial charge in [-0.05, 0) is 38.5 Å². The number of aliphatic imine (C=N–C) groups is 1. The summed E-state index contributed by atoms with van der Waals surface area (Å²) in [4.78, 5) is 9.20. The number of hydrogen-bond donors (Lipinski definition) is 2. The maximum Gasteiger partial charge on any atom is 0.191 e. The molecule has 0 saturated carbocycles. The monoisotopic (exact) mass is 420 g/mol. The average molecular weight is 421 g/mol. The third-order valence-corrected chi connectivity index (χ3v) is 4.79. The first kappa shape index (κ1) is 18.7. The molecule has 26 heavy (non-hydrogen) atoms. The largest absolute Gasteiger partial charge is 0.496 e. The molecule has 0 saturated heterocycles. The van der Waals surface area contributed by atoms with Crippen LogP contribution in [0.4, 0.5) is 0 Å². The molecule has 1 unspecified atom stereocenters. The average Bonchev–Trinajstić information content (AvgIpc) is 2.99. The van der Waals surface area contributed by atoms with Crippen molar-refractivity contribution in [1.82, 2.24) is 25.4 Å². The van der Waals surface area contributed by atoms with Gasteiger partial charge in [-0.15, -0.1) is 0 Å². The quantitative estimate of drug-likeness (QED) is 0.573. The second-order valence-corrected chi connectivity index (χ2v) is 7.20. The number of ether oxygens (including phenoxy) is 1. The molecule has 0 spiro atoms. The Morgan fingerprint density at radius 1 is 1.46 bits per heavy atom. The minimum Gasteiger partial charge on any atom is -0.496 e. The lowest BCUT2D eigenvalue weighted by atomic mass is 10.1. The highest BCUT2D eigenvalue weighted by molar-refractivity contribution is 9.10. The molecule has 7 nitrogen and oxygen atoms in total. The standard InChI is InChI=1S/C18H25BrN6O/c1-4-20-18(21-10-13-9-14(19)5-7-16(13)26-3)23-15-6-8-17-22-12(2)24-25(17)11-15/h5,7,9,15H,4,6,8,10-11H2,1-3H3,(H2,20,21,23). The van der Waals surface area contributed by atoms with Gasteiger partial charge in [0, 0.05) is 29.0 Å². The normalized spacial score (nSPS) is 16.9. The summed E-state index contributed by atoms with van der Waals surface area (Å²) in [7, 11) is 1.68. The Labute approximate surface area is 162 Å². The van der Waals surface area contributed by atoms with Crippen LogP contribution in [0.25, 0.3) is 0 Å². The summed E-state index contributed by atoms with van der Waals surface area (Å²) in [6.45, 7) is 6.16. The van der Waals surface area contributed by atoms with E-state index in [0.29, 0.717) is 6.54 Å². The van der Waals surface area contributed by atoms with E-state index in [0.717, 1.165) is 59.3 Å². The van der Waals surface area contributed by atoms with E-state index in [1.54, 1.807) is 7.11 Å². The van der Waals surface area contributed by atoms with Crippen LogP contribution >= 0.6 is 15.9 Å². The van der Waals surface area contributed by atoms with E-state index < -0.39 is 0 Å². The fourth-order valence-corrected chi connectivity index (χ4v) is 3.51. The molecule has 1 aliphatic rings. The lowest BCUT2D eigenvalue weighted by Crippen LogP contribution is -2.47. The highest BCUT2D eigenvalue weighted by Crippen LogP contribution is 2.23. The Morgan fingerprint density at radius 3 is 3.08 bits per heavy atom. The topological polar surface area (TPSA) is 76.4 Å². The van der Waals surface area contributed by atoms with Crippen molar-refractivity contribution < 1.29 is 4.74 Å². The SMILES string of the molecule is CCNC(=NCc1cc(Br)ccc1OC)NC1CCc2nc(C)nn2C1. The fraction of sp³-hybridized carbons (Fsp3) is 0.500. The molecule has 0 bridgehead atoms. The number of benzene rings is 1. The van der Waals surface area contributed by atoms with Gasteiger partial charge in [0.2, 0.25) is 0 Å². The number of nitrogens with zero attached hydrogens (tertiary/aromatic N) is 4. The number of guanidine groups is 1. The molecule has 0 fully saturated rings. The van der Waals surface area contributed by atoms with Gasteiger partial charge in [0.15, 0.2) is 5.96 Å². The number of halogens is 1. The van der Waals surface area contributed by atoms with Crippen molar-refractivity contribution in [1.29, 1.82) is 0 Å². The Bertz CT molecular complexity index is 788. The molecular formula is C18H25BrN6O. The molecule has 2 aromatic rings. The molecule has 1 aromatic heterocycles. The summed E-state index contributed by atoms with van der Waals surface area (Å²) in [6.07, 6.45) is 1.94. The van der Waals surface area contributed by atoms with Gasteiger partial charge >= 0.3 is 0 Å². The first-order valence-corrected chi connectivity index (χ1v) is 9.66. The van der Waals surface area contributed by atoms with Crippen molar-refractivity contribution in [3.05, 3.63) is 39.9 Å². The smallest absolute Gasteiger partial charge is 0.191 e. The van der Waals surface area contributed by atoms with Gasteiger partial charge < -0.3 is 15.4 Å². The van der Waals surface area contributed by atoms with Crippen molar-refractivity contribution in [2.75, 3.05) is 13.7 Å². The van der Waals surface area contributed by atoms with E-state index in [1.807, 2.05) is 29.8 Å². The number of aryl methyl sites for hydroxylation is 2. The van der Waals surface area contributed by atoms with E-state index in [4.69, 9.17) is 9.73 Å². The third-order valence-electron chi connectivity index (χ3n) is 4.30. The maximum atomic E-state index is 5.43. The lowest BCUT2D eigenvalue weighted by molar-refractivity contribution is 0.392. The van der Waals surface area contributed by atoms with Crippen LogP contribution in [-0.4, -0.2) is 40.4 Å². The zero-order chi connectivity index (χ0) is 18.5. The van der Waals surface area contributed by atoms with Crippen LogP contribution in [0.1, 0.15) is 30.6 Å². The minimum absolute atomic E-state index is 0.283. The van der Waals surface area contributed by atoms with Crippen LogP contribution < -0.4 is 15.4 Å². The number of aromatic nitrogens is 3.